The maximum Gasteiger partial charge on any atom is 0.337 e. The number of rotatable bonds is 12. The van der Waals surface area contributed by atoms with Gasteiger partial charge in [0.1, 0.15) is 24.2 Å². The van der Waals surface area contributed by atoms with Crippen molar-refractivity contribution in [1.82, 2.24) is 4.90 Å². The van der Waals surface area contributed by atoms with Crippen molar-refractivity contribution in [2.24, 2.45) is 0 Å². The zero-order valence-electron chi connectivity index (χ0n) is 19.8. The van der Waals surface area contributed by atoms with Crippen LogP contribution in [0.15, 0.2) is 78.9 Å². The largest absolute Gasteiger partial charge is 0.508 e. The van der Waals surface area contributed by atoms with Crippen LogP contribution in [0.3, 0.4) is 0 Å². The second kappa shape index (κ2) is 12.8. The maximum atomic E-state index is 11.7. The minimum Gasteiger partial charge on any atom is -0.508 e. The van der Waals surface area contributed by atoms with Crippen molar-refractivity contribution in [3.8, 4) is 11.5 Å². The van der Waals surface area contributed by atoms with E-state index in [0.29, 0.717) is 25.1 Å². The van der Waals surface area contributed by atoms with Crippen LogP contribution in [0.2, 0.25) is 0 Å². The van der Waals surface area contributed by atoms with Crippen molar-refractivity contribution in [2.45, 2.75) is 31.9 Å². The number of ether oxygens (including phenoxy) is 2. The van der Waals surface area contributed by atoms with Crippen molar-refractivity contribution in [3.05, 3.63) is 95.6 Å². The summed E-state index contributed by atoms with van der Waals surface area (Å²) in [6.07, 6.45) is 0.729. The number of aliphatic hydroxyl groups excluding tert-OH is 1. The molecule has 0 fully saturated rings. The third-order valence-electron chi connectivity index (χ3n) is 5.82. The molecule has 0 spiro atoms. The standard InChI is InChI=1S/C28H33NO5/c1-21(18-22-12-14-24(15-13-22)28(32)33-2)29(17-16-23-8-6-7-11-27(23)31)19-25(30)20-34-26-9-4-3-5-10-26/h3-15,21,25,30-31H,16-20H2,1-2H3/t21-,25-/m1/s1. The number of hydrogen-bond acceptors (Lipinski definition) is 6. The molecule has 6 heteroatoms. The van der Waals surface area contributed by atoms with Crippen LogP contribution in [0, 0.1) is 0 Å². The summed E-state index contributed by atoms with van der Waals surface area (Å²) in [5.41, 5.74) is 2.48. The van der Waals surface area contributed by atoms with E-state index in [1.54, 1.807) is 18.2 Å². The zero-order chi connectivity index (χ0) is 24.3. The Hall–Kier alpha value is -3.35. The van der Waals surface area contributed by atoms with E-state index in [1.165, 1.54) is 7.11 Å². The van der Waals surface area contributed by atoms with Gasteiger partial charge in [0.05, 0.1) is 12.7 Å². The molecule has 0 aliphatic heterocycles. The Morgan fingerprint density at radius 1 is 0.971 bits per heavy atom. The lowest BCUT2D eigenvalue weighted by Gasteiger charge is -2.31. The molecule has 0 saturated carbocycles. The summed E-state index contributed by atoms with van der Waals surface area (Å²) in [7, 11) is 1.37. The van der Waals surface area contributed by atoms with E-state index in [0.717, 1.165) is 23.3 Å². The highest BCUT2D eigenvalue weighted by atomic mass is 16.5. The number of methoxy groups -OCH3 is 1. The molecule has 2 N–H and O–H groups in total. The first-order valence-corrected chi connectivity index (χ1v) is 11.5. The van der Waals surface area contributed by atoms with Gasteiger partial charge in [0.25, 0.3) is 0 Å². The third kappa shape index (κ3) is 7.61. The third-order valence-corrected chi connectivity index (χ3v) is 5.82. The van der Waals surface area contributed by atoms with Gasteiger partial charge in [-0.1, -0.05) is 48.5 Å². The number of nitrogens with zero attached hydrogens (tertiary/aromatic N) is 1. The fraction of sp³-hybridized carbons (Fsp3) is 0.321. The first-order valence-electron chi connectivity index (χ1n) is 11.5. The summed E-state index contributed by atoms with van der Waals surface area (Å²) in [4.78, 5) is 13.9. The van der Waals surface area contributed by atoms with Gasteiger partial charge in [-0.15, -0.1) is 0 Å². The fourth-order valence-corrected chi connectivity index (χ4v) is 3.88. The normalized spacial score (nSPS) is 12.8. The lowest BCUT2D eigenvalue weighted by molar-refractivity contribution is 0.0550. The van der Waals surface area contributed by atoms with Gasteiger partial charge in [-0.25, -0.2) is 4.79 Å². The molecule has 180 valence electrons. The first kappa shape index (κ1) is 25.3. The van der Waals surface area contributed by atoms with Crippen molar-refractivity contribution >= 4 is 5.97 Å². The molecule has 0 unspecified atom stereocenters. The zero-order valence-corrected chi connectivity index (χ0v) is 19.8. The summed E-state index contributed by atoms with van der Waals surface area (Å²) >= 11 is 0. The Morgan fingerprint density at radius 3 is 2.32 bits per heavy atom. The smallest absolute Gasteiger partial charge is 0.337 e. The highest BCUT2D eigenvalue weighted by Crippen LogP contribution is 2.18. The molecule has 34 heavy (non-hydrogen) atoms. The maximum absolute atomic E-state index is 11.7. The van der Waals surface area contributed by atoms with Crippen LogP contribution < -0.4 is 4.74 Å². The van der Waals surface area contributed by atoms with E-state index in [4.69, 9.17) is 9.47 Å². The summed E-state index contributed by atoms with van der Waals surface area (Å²) in [5.74, 6) is 0.646. The van der Waals surface area contributed by atoms with Crippen LogP contribution in [0.5, 0.6) is 11.5 Å². The van der Waals surface area contributed by atoms with Crippen LogP contribution in [0.4, 0.5) is 0 Å². The van der Waals surface area contributed by atoms with E-state index in [2.05, 4.69) is 11.8 Å². The Kier molecular flexibility index (Phi) is 9.50. The number of carbonyl (C=O) groups is 1. The second-order valence-corrected chi connectivity index (χ2v) is 8.39. The van der Waals surface area contributed by atoms with Gasteiger partial charge in [-0.05, 0) is 61.2 Å². The lowest BCUT2D eigenvalue weighted by atomic mass is 10.0. The average molecular weight is 464 g/mol. The number of aromatic hydroxyl groups is 1. The van der Waals surface area contributed by atoms with Crippen LogP contribution in [-0.2, 0) is 17.6 Å². The van der Waals surface area contributed by atoms with Crippen LogP contribution in [-0.4, -0.2) is 60.0 Å². The number of aliphatic hydroxyl groups is 1. The Labute approximate surface area is 201 Å². The lowest BCUT2D eigenvalue weighted by Crippen LogP contribution is -2.43. The minimum atomic E-state index is -0.672. The van der Waals surface area contributed by atoms with Crippen molar-refractivity contribution in [3.63, 3.8) is 0 Å². The van der Waals surface area contributed by atoms with Crippen LogP contribution >= 0.6 is 0 Å². The topological polar surface area (TPSA) is 79.2 Å². The molecule has 3 aromatic rings. The van der Waals surface area contributed by atoms with Gasteiger partial charge in [0, 0.05) is 19.1 Å². The number of phenols is 1. The van der Waals surface area contributed by atoms with Crippen molar-refractivity contribution in [2.75, 3.05) is 26.8 Å². The molecule has 3 aromatic carbocycles. The molecule has 0 saturated heterocycles. The molecule has 0 radical (unpaired) electrons. The number of esters is 1. The van der Waals surface area contributed by atoms with Gasteiger partial charge in [-0.2, -0.15) is 0 Å². The SMILES string of the molecule is COC(=O)c1ccc(C[C@@H](C)N(CCc2ccccc2O)C[C@@H](O)COc2ccccc2)cc1. The fourth-order valence-electron chi connectivity index (χ4n) is 3.88. The number of phenolic OH excluding ortho intramolecular Hbond substituents is 1. The highest BCUT2D eigenvalue weighted by Gasteiger charge is 2.19. The number of para-hydroxylation sites is 2. The van der Waals surface area contributed by atoms with Crippen molar-refractivity contribution in [1.29, 1.82) is 0 Å². The van der Waals surface area contributed by atoms with Gasteiger partial charge < -0.3 is 19.7 Å². The Morgan fingerprint density at radius 2 is 1.65 bits per heavy atom. The summed E-state index contributed by atoms with van der Waals surface area (Å²) in [6.45, 7) is 3.41. The quantitative estimate of drug-likeness (QED) is 0.394. The average Bonchev–Trinajstić information content (AvgIpc) is 2.86. The van der Waals surface area contributed by atoms with Gasteiger partial charge in [0.15, 0.2) is 0 Å². The number of carbonyl (C=O) groups excluding carboxylic acids is 1. The molecule has 0 heterocycles. The van der Waals surface area contributed by atoms with E-state index < -0.39 is 6.10 Å². The number of benzene rings is 3. The molecular weight excluding hydrogens is 430 g/mol. The van der Waals surface area contributed by atoms with Gasteiger partial charge >= 0.3 is 5.97 Å². The summed E-state index contributed by atoms with van der Waals surface area (Å²) in [6, 6.07) is 24.3. The van der Waals surface area contributed by atoms with Crippen molar-refractivity contribution < 1.29 is 24.5 Å². The van der Waals surface area contributed by atoms with E-state index in [-0.39, 0.29) is 24.4 Å². The first-order chi connectivity index (χ1) is 16.5. The molecule has 3 rings (SSSR count). The van der Waals surface area contributed by atoms with Gasteiger partial charge in [0.2, 0.25) is 0 Å². The molecule has 6 nitrogen and oxygen atoms in total. The Bertz CT molecular complexity index is 1020. The number of hydrogen-bond donors (Lipinski definition) is 2. The van der Waals surface area contributed by atoms with Gasteiger partial charge in [-0.3, -0.25) is 4.90 Å². The second-order valence-electron chi connectivity index (χ2n) is 8.39. The Balaban J connectivity index is 1.65. The predicted molar refractivity (Wildman–Crippen MR) is 132 cm³/mol. The highest BCUT2D eigenvalue weighted by molar-refractivity contribution is 5.89. The minimum absolute atomic E-state index is 0.112. The van der Waals surface area contributed by atoms with E-state index >= 15 is 0 Å². The predicted octanol–water partition coefficient (Wildman–Crippen LogP) is 4.09. The molecule has 0 aliphatic rings. The molecule has 0 bridgehead atoms. The van der Waals surface area contributed by atoms with E-state index in [1.807, 2.05) is 60.7 Å². The molecule has 0 aromatic heterocycles. The molecule has 0 aliphatic carbocycles. The molecular formula is C28H33NO5. The summed E-state index contributed by atoms with van der Waals surface area (Å²) < 4.78 is 10.5. The van der Waals surface area contributed by atoms with Crippen LogP contribution in [0.25, 0.3) is 0 Å². The molecule has 0 amide bonds. The monoisotopic (exact) mass is 463 g/mol. The van der Waals surface area contributed by atoms with Crippen LogP contribution in [0.1, 0.15) is 28.4 Å². The van der Waals surface area contributed by atoms with E-state index in [9.17, 15) is 15.0 Å². The summed E-state index contributed by atoms with van der Waals surface area (Å²) in [5, 5.41) is 20.9. The molecule has 2 atom stereocenters.